The standard InChI is InChI=1S/C22H23N3O4/c1-20(2,3)28-17-15-12-8-9-13-16(15)25-19(27)24(14-10-6-5-7-11-14)21(4)22(17,25)23-18(26)29-21/h5-13,17H,1-4H3,(H,23,26)/t17-,21-,22-/m1/s1. The van der Waals surface area contributed by atoms with Crippen molar-refractivity contribution in [3.8, 4) is 0 Å². The summed E-state index contributed by atoms with van der Waals surface area (Å²) >= 11 is 0. The van der Waals surface area contributed by atoms with Crippen molar-refractivity contribution in [1.82, 2.24) is 5.32 Å². The van der Waals surface area contributed by atoms with Gasteiger partial charge >= 0.3 is 12.1 Å². The second kappa shape index (κ2) is 5.51. The zero-order chi connectivity index (χ0) is 20.6. The van der Waals surface area contributed by atoms with Crippen molar-refractivity contribution in [2.24, 2.45) is 0 Å². The van der Waals surface area contributed by atoms with Gasteiger partial charge in [-0.05, 0) is 39.0 Å². The predicted octanol–water partition coefficient (Wildman–Crippen LogP) is 4.16. The molecule has 3 atom stereocenters. The number of rotatable bonds is 2. The molecule has 2 aromatic rings. The van der Waals surface area contributed by atoms with Crippen molar-refractivity contribution >= 4 is 23.5 Å². The summed E-state index contributed by atoms with van der Waals surface area (Å²) in [6, 6.07) is 16.6. The fourth-order valence-corrected chi connectivity index (χ4v) is 4.76. The number of nitrogens with zero attached hydrogens (tertiary/aromatic N) is 2. The van der Waals surface area contributed by atoms with E-state index in [1.807, 2.05) is 75.4 Å². The monoisotopic (exact) mass is 393 g/mol. The Labute approximate surface area is 169 Å². The zero-order valence-electron chi connectivity index (χ0n) is 16.8. The molecule has 3 heterocycles. The maximum Gasteiger partial charge on any atom is 0.411 e. The van der Waals surface area contributed by atoms with Crippen LogP contribution < -0.4 is 15.1 Å². The van der Waals surface area contributed by atoms with Crippen LogP contribution in [0.25, 0.3) is 0 Å². The summed E-state index contributed by atoms with van der Waals surface area (Å²) in [5.41, 5.74) is -0.842. The van der Waals surface area contributed by atoms with Gasteiger partial charge in [-0.1, -0.05) is 36.4 Å². The number of hydrogen-bond acceptors (Lipinski definition) is 4. The largest absolute Gasteiger partial charge is 0.418 e. The van der Waals surface area contributed by atoms with Crippen molar-refractivity contribution in [3.05, 3.63) is 60.2 Å². The van der Waals surface area contributed by atoms with Crippen LogP contribution in [-0.4, -0.2) is 29.1 Å². The molecule has 0 unspecified atom stereocenters. The number of ether oxygens (including phenoxy) is 2. The lowest BCUT2D eigenvalue weighted by Gasteiger charge is -2.42. The molecule has 0 aliphatic carbocycles. The minimum Gasteiger partial charge on any atom is -0.418 e. The van der Waals surface area contributed by atoms with Gasteiger partial charge in [0.15, 0.2) is 0 Å². The molecule has 1 N–H and O–H groups in total. The molecule has 3 aliphatic heterocycles. The Morgan fingerprint density at radius 3 is 2.34 bits per heavy atom. The Hall–Kier alpha value is -3.06. The third kappa shape index (κ3) is 2.16. The number of hydrogen-bond donors (Lipinski definition) is 1. The van der Waals surface area contributed by atoms with Gasteiger partial charge in [0, 0.05) is 18.2 Å². The zero-order valence-corrected chi connectivity index (χ0v) is 16.8. The average Bonchev–Trinajstić information content (AvgIpc) is 3.13. The average molecular weight is 393 g/mol. The van der Waals surface area contributed by atoms with Crippen molar-refractivity contribution in [2.45, 2.75) is 50.8 Å². The first-order valence-corrected chi connectivity index (χ1v) is 9.66. The number of carbonyl (C=O) groups is 2. The summed E-state index contributed by atoms with van der Waals surface area (Å²) in [6.07, 6.45) is -1.19. The molecule has 5 rings (SSSR count). The molecule has 7 nitrogen and oxygen atoms in total. The van der Waals surface area contributed by atoms with Gasteiger partial charge in [-0.25, -0.2) is 9.59 Å². The van der Waals surface area contributed by atoms with E-state index in [0.29, 0.717) is 11.4 Å². The lowest BCUT2D eigenvalue weighted by atomic mass is 9.90. The number of nitrogens with one attached hydrogen (secondary N) is 1. The van der Waals surface area contributed by atoms with E-state index < -0.39 is 29.2 Å². The van der Waals surface area contributed by atoms with E-state index in [1.165, 1.54) is 0 Å². The first kappa shape index (κ1) is 18.0. The number of urea groups is 1. The molecule has 0 radical (unpaired) electrons. The Bertz CT molecular complexity index is 1020. The second-order valence-corrected chi connectivity index (χ2v) is 8.72. The number of benzene rings is 2. The molecule has 0 bridgehead atoms. The van der Waals surface area contributed by atoms with E-state index in [-0.39, 0.29) is 6.03 Å². The lowest BCUT2D eigenvalue weighted by Crippen LogP contribution is -2.65. The molecule has 0 saturated carbocycles. The van der Waals surface area contributed by atoms with E-state index >= 15 is 0 Å². The molecule has 3 amide bonds. The van der Waals surface area contributed by atoms with Gasteiger partial charge in [0.05, 0.1) is 11.3 Å². The highest BCUT2D eigenvalue weighted by molar-refractivity contribution is 6.12. The van der Waals surface area contributed by atoms with Crippen LogP contribution >= 0.6 is 0 Å². The molecular formula is C22H23N3O4. The molecule has 1 spiro atoms. The van der Waals surface area contributed by atoms with Gasteiger partial charge in [-0.2, -0.15) is 0 Å². The van der Waals surface area contributed by atoms with Crippen LogP contribution in [0.15, 0.2) is 54.6 Å². The molecule has 2 saturated heterocycles. The molecule has 2 fully saturated rings. The maximum absolute atomic E-state index is 13.7. The van der Waals surface area contributed by atoms with Crippen LogP contribution in [0.1, 0.15) is 39.4 Å². The van der Waals surface area contributed by atoms with Crippen molar-refractivity contribution < 1.29 is 19.1 Å². The smallest absolute Gasteiger partial charge is 0.411 e. The van der Waals surface area contributed by atoms with Gasteiger partial charge in [0.1, 0.15) is 6.10 Å². The van der Waals surface area contributed by atoms with Gasteiger partial charge in [0.25, 0.3) is 0 Å². The SMILES string of the molecule is CC(C)(C)O[C@@H]1c2ccccc2N2C(=O)N(c3ccccc3)[C@]3(C)OC(=O)N[C@]123. The van der Waals surface area contributed by atoms with Crippen LogP contribution in [0.3, 0.4) is 0 Å². The summed E-state index contributed by atoms with van der Waals surface area (Å²) < 4.78 is 12.3. The van der Waals surface area contributed by atoms with Crippen LogP contribution in [0.4, 0.5) is 21.0 Å². The number of para-hydroxylation sites is 2. The van der Waals surface area contributed by atoms with Crippen molar-refractivity contribution in [2.75, 3.05) is 9.80 Å². The molecule has 2 aromatic carbocycles. The van der Waals surface area contributed by atoms with E-state index in [1.54, 1.807) is 16.7 Å². The Kier molecular flexibility index (Phi) is 3.42. The van der Waals surface area contributed by atoms with Gasteiger partial charge in [-0.3, -0.25) is 15.1 Å². The van der Waals surface area contributed by atoms with Crippen LogP contribution in [0, 0.1) is 0 Å². The minimum absolute atomic E-state index is 0.272. The summed E-state index contributed by atoms with van der Waals surface area (Å²) in [7, 11) is 0. The highest BCUT2D eigenvalue weighted by Crippen LogP contribution is 2.61. The summed E-state index contributed by atoms with van der Waals surface area (Å²) in [5.74, 6) is 0. The third-order valence-electron chi connectivity index (χ3n) is 5.78. The summed E-state index contributed by atoms with van der Waals surface area (Å²) in [4.78, 5) is 29.5. The van der Waals surface area contributed by atoms with E-state index in [0.717, 1.165) is 5.56 Å². The molecule has 0 aromatic heterocycles. The van der Waals surface area contributed by atoms with E-state index in [4.69, 9.17) is 9.47 Å². The van der Waals surface area contributed by atoms with E-state index in [9.17, 15) is 9.59 Å². The molecule has 29 heavy (non-hydrogen) atoms. The Morgan fingerprint density at radius 2 is 1.66 bits per heavy atom. The number of carbonyl (C=O) groups excluding carboxylic acids is 2. The Balaban J connectivity index is 1.78. The van der Waals surface area contributed by atoms with E-state index in [2.05, 4.69) is 5.32 Å². The first-order chi connectivity index (χ1) is 13.7. The Morgan fingerprint density at radius 1 is 1.00 bits per heavy atom. The quantitative estimate of drug-likeness (QED) is 0.832. The van der Waals surface area contributed by atoms with Crippen LogP contribution in [0.2, 0.25) is 0 Å². The second-order valence-electron chi connectivity index (χ2n) is 8.72. The lowest BCUT2D eigenvalue weighted by molar-refractivity contribution is -0.118. The van der Waals surface area contributed by atoms with Crippen molar-refractivity contribution in [3.63, 3.8) is 0 Å². The van der Waals surface area contributed by atoms with Crippen LogP contribution in [0.5, 0.6) is 0 Å². The molecule has 3 aliphatic rings. The normalized spacial score (nSPS) is 30.0. The predicted molar refractivity (Wildman–Crippen MR) is 108 cm³/mol. The maximum atomic E-state index is 13.7. The highest BCUT2D eigenvalue weighted by Gasteiger charge is 2.79. The number of alkyl carbamates (subject to hydrolysis) is 1. The topological polar surface area (TPSA) is 71.1 Å². The number of fused-ring (bicyclic) bond motifs is 2. The molecular weight excluding hydrogens is 370 g/mol. The summed E-state index contributed by atoms with van der Waals surface area (Å²) in [6.45, 7) is 7.63. The number of amides is 3. The van der Waals surface area contributed by atoms with Crippen molar-refractivity contribution in [1.29, 1.82) is 0 Å². The molecule has 7 heteroatoms. The third-order valence-corrected chi connectivity index (χ3v) is 5.78. The highest BCUT2D eigenvalue weighted by atomic mass is 16.6. The first-order valence-electron chi connectivity index (χ1n) is 9.66. The van der Waals surface area contributed by atoms with Crippen LogP contribution in [-0.2, 0) is 9.47 Å². The van der Waals surface area contributed by atoms with Gasteiger partial charge in [0.2, 0.25) is 11.4 Å². The number of anilines is 2. The fraction of sp³-hybridized carbons (Fsp3) is 0.364. The van der Waals surface area contributed by atoms with Gasteiger partial charge in [-0.15, -0.1) is 0 Å². The fourth-order valence-electron chi connectivity index (χ4n) is 4.76. The summed E-state index contributed by atoms with van der Waals surface area (Å²) in [5, 5.41) is 2.96. The molecule has 150 valence electrons. The minimum atomic E-state index is -1.31. The van der Waals surface area contributed by atoms with Gasteiger partial charge < -0.3 is 9.47 Å².